The Morgan fingerprint density at radius 2 is 1.95 bits per heavy atom. The summed E-state index contributed by atoms with van der Waals surface area (Å²) in [7, 11) is -3.43. The molecule has 0 aromatic heterocycles. The van der Waals surface area contributed by atoms with Crippen LogP contribution in [0.25, 0.3) is 0 Å². The molecule has 0 spiro atoms. The van der Waals surface area contributed by atoms with E-state index in [1.807, 2.05) is 6.92 Å². The first kappa shape index (κ1) is 16.5. The number of carboxylic acids is 1. The van der Waals surface area contributed by atoms with Gasteiger partial charge in [-0.15, -0.1) is 0 Å². The minimum Gasteiger partial charge on any atom is -0.480 e. The summed E-state index contributed by atoms with van der Waals surface area (Å²) in [6.45, 7) is 1.85. The molecule has 120 valence electrons. The number of carbonyl (C=O) groups excluding carboxylic acids is 1. The third-order valence-electron chi connectivity index (χ3n) is 4.10. The Morgan fingerprint density at radius 3 is 2.36 bits per heavy atom. The average molecular weight is 325 g/mol. The van der Waals surface area contributed by atoms with Gasteiger partial charge in [-0.05, 0) is 43.4 Å². The molecule has 2 rings (SSSR count). The maximum absolute atomic E-state index is 12.4. The van der Waals surface area contributed by atoms with Gasteiger partial charge in [-0.2, -0.15) is 0 Å². The topological polar surface area (TPSA) is 101 Å². The Bertz CT molecular complexity index is 719. The Hall–Kier alpha value is -1.89. The zero-order valence-corrected chi connectivity index (χ0v) is 13.4. The number of amides is 1. The van der Waals surface area contributed by atoms with E-state index in [1.165, 1.54) is 12.1 Å². The molecule has 0 aliphatic heterocycles. The van der Waals surface area contributed by atoms with E-state index >= 15 is 0 Å². The van der Waals surface area contributed by atoms with E-state index < -0.39 is 27.3 Å². The molecular formula is C15H19NO5S. The van der Waals surface area contributed by atoms with Crippen LogP contribution in [-0.2, 0) is 21.1 Å². The van der Waals surface area contributed by atoms with Crippen LogP contribution in [-0.4, -0.2) is 37.2 Å². The van der Waals surface area contributed by atoms with Crippen LogP contribution in [0.3, 0.4) is 0 Å². The fraction of sp³-hybridized carbons (Fsp3) is 0.467. The van der Waals surface area contributed by atoms with Crippen molar-refractivity contribution < 1.29 is 23.1 Å². The molecular weight excluding hydrogens is 306 g/mol. The molecule has 0 saturated heterocycles. The molecule has 6 nitrogen and oxygen atoms in total. The summed E-state index contributed by atoms with van der Waals surface area (Å²) in [4.78, 5) is 23.8. The average Bonchev–Trinajstić information content (AvgIpc) is 2.40. The van der Waals surface area contributed by atoms with Gasteiger partial charge < -0.3 is 10.4 Å². The van der Waals surface area contributed by atoms with Gasteiger partial charge in [-0.1, -0.05) is 13.0 Å². The third kappa shape index (κ3) is 2.99. The molecule has 2 N–H and O–H groups in total. The lowest BCUT2D eigenvalue weighted by Gasteiger charge is -2.38. The van der Waals surface area contributed by atoms with E-state index in [2.05, 4.69) is 5.32 Å². The second-order valence-electron chi connectivity index (χ2n) is 5.64. The van der Waals surface area contributed by atoms with Gasteiger partial charge in [0.2, 0.25) is 0 Å². The van der Waals surface area contributed by atoms with Crippen molar-refractivity contribution in [3.05, 3.63) is 29.3 Å². The molecule has 0 radical (unpaired) electrons. The maximum Gasteiger partial charge on any atom is 0.329 e. The number of nitrogens with one attached hydrogen (secondary N) is 1. The third-order valence-corrected chi connectivity index (χ3v) is 5.21. The van der Waals surface area contributed by atoms with Gasteiger partial charge in [-0.25, -0.2) is 13.2 Å². The molecule has 1 amide bonds. The summed E-state index contributed by atoms with van der Waals surface area (Å²) in [5.41, 5.74) is -0.314. The summed E-state index contributed by atoms with van der Waals surface area (Å²) < 4.78 is 23.3. The van der Waals surface area contributed by atoms with Gasteiger partial charge in [0.15, 0.2) is 9.84 Å². The van der Waals surface area contributed by atoms with Crippen molar-refractivity contribution in [2.75, 3.05) is 6.26 Å². The van der Waals surface area contributed by atoms with Crippen LogP contribution in [0.4, 0.5) is 0 Å². The summed E-state index contributed by atoms with van der Waals surface area (Å²) in [5, 5.41) is 11.8. The largest absolute Gasteiger partial charge is 0.480 e. The monoisotopic (exact) mass is 325 g/mol. The van der Waals surface area contributed by atoms with E-state index in [-0.39, 0.29) is 10.5 Å². The lowest BCUT2D eigenvalue weighted by molar-refractivity contribution is -0.148. The molecule has 1 saturated carbocycles. The SMILES string of the molecule is CCc1ccc(S(C)(=O)=O)cc1C(=O)NC1(C(=O)O)CCC1. The molecule has 1 fully saturated rings. The maximum atomic E-state index is 12.4. The number of carboxylic acid groups (broad SMARTS) is 1. The lowest BCUT2D eigenvalue weighted by atomic mass is 9.76. The smallest absolute Gasteiger partial charge is 0.329 e. The number of benzene rings is 1. The molecule has 1 aromatic carbocycles. The first-order chi connectivity index (χ1) is 10.2. The normalized spacial score (nSPS) is 16.6. The predicted octanol–water partition coefficient (Wildman–Crippen LogP) is 1.39. The highest BCUT2D eigenvalue weighted by molar-refractivity contribution is 7.90. The van der Waals surface area contributed by atoms with Crippen molar-refractivity contribution in [3.63, 3.8) is 0 Å². The molecule has 22 heavy (non-hydrogen) atoms. The zero-order chi connectivity index (χ0) is 16.5. The number of sulfone groups is 1. The summed E-state index contributed by atoms with van der Waals surface area (Å²) in [6.07, 6.45) is 3.15. The second-order valence-corrected chi connectivity index (χ2v) is 7.66. The molecule has 1 aromatic rings. The van der Waals surface area contributed by atoms with E-state index in [0.29, 0.717) is 24.8 Å². The van der Waals surface area contributed by atoms with Crippen LogP contribution >= 0.6 is 0 Å². The molecule has 7 heteroatoms. The van der Waals surface area contributed by atoms with Crippen LogP contribution in [0.5, 0.6) is 0 Å². The zero-order valence-electron chi connectivity index (χ0n) is 12.5. The summed E-state index contributed by atoms with van der Waals surface area (Å²) in [5.74, 6) is -1.59. The Kier molecular flexibility index (Phi) is 4.28. The van der Waals surface area contributed by atoms with Crippen molar-refractivity contribution in [3.8, 4) is 0 Å². The van der Waals surface area contributed by atoms with Crippen molar-refractivity contribution in [2.24, 2.45) is 0 Å². The number of aryl methyl sites for hydroxylation is 1. The number of hydrogen-bond donors (Lipinski definition) is 2. The first-order valence-corrected chi connectivity index (χ1v) is 8.97. The van der Waals surface area contributed by atoms with Gasteiger partial charge in [0.1, 0.15) is 5.54 Å². The van der Waals surface area contributed by atoms with Crippen molar-refractivity contribution in [1.29, 1.82) is 0 Å². The Balaban J connectivity index is 2.38. The fourth-order valence-corrected chi connectivity index (χ4v) is 3.16. The molecule has 0 unspecified atom stereocenters. The van der Waals surface area contributed by atoms with Crippen LogP contribution in [0, 0.1) is 0 Å². The fourth-order valence-electron chi connectivity index (χ4n) is 2.51. The van der Waals surface area contributed by atoms with Crippen LogP contribution in [0.2, 0.25) is 0 Å². The number of carbonyl (C=O) groups is 2. The first-order valence-electron chi connectivity index (χ1n) is 7.08. The van der Waals surface area contributed by atoms with Crippen LogP contribution in [0.15, 0.2) is 23.1 Å². The van der Waals surface area contributed by atoms with E-state index in [0.717, 1.165) is 12.7 Å². The highest BCUT2D eigenvalue weighted by atomic mass is 32.2. The van der Waals surface area contributed by atoms with Gasteiger partial charge in [0.25, 0.3) is 5.91 Å². The second kappa shape index (κ2) is 5.72. The van der Waals surface area contributed by atoms with Crippen LogP contribution < -0.4 is 5.32 Å². The molecule has 0 bridgehead atoms. The highest BCUT2D eigenvalue weighted by Crippen LogP contribution is 2.32. The van der Waals surface area contributed by atoms with Gasteiger partial charge in [-0.3, -0.25) is 4.79 Å². The molecule has 0 atom stereocenters. The molecule has 1 aliphatic rings. The minimum absolute atomic E-state index is 0.0489. The number of rotatable bonds is 5. The Labute approximate surface area is 129 Å². The Morgan fingerprint density at radius 1 is 1.32 bits per heavy atom. The van der Waals surface area contributed by atoms with Crippen molar-refractivity contribution >= 4 is 21.7 Å². The molecule has 0 heterocycles. The summed E-state index contributed by atoms with van der Waals surface area (Å²) in [6, 6.07) is 4.37. The van der Waals surface area contributed by atoms with Gasteiger partial charge in [0.05, 0.1) is 4.90 Å². The minimum atomic E-state index is -3.43. The van der Waals surface area contributed by atoms with Gasteiger partial charge in [0, 0.05) is 11.8 Å². The summed E-state index contributed by atoms with van der Waals surface area (Å²) >= 11 is 0. The van der Waals surface area contributed by atoms with E-state index in [1.54, 1.807) is 6.07 Å². The lowest BCUT2D eigenvalue weighted by Crippen LogP contribution is -2.59. The highest BCUT2D eigenvalue weighted by Gasteiger charge is 2.45. The van der Waals surface area contributed by atoms with E-state index in [9.17, 15) is 23.1 Å². The molecule has 1 aliphatic carbocycles. The van der Waals surface area contributed by atoms with Crippen molar-refractivity contribution in [2.45, 2.75) is 43.0 Å². The standard InChI is InChI=1S/C15H19NO5S/c1-3-10-5-6-11(22(2,20)21)9-12(10)13(17)16-15(14(18)19)7-4-8-15/h5-6,9H,3-4,7-8H2,1-2H3,(H,16,17)(H,18,19). The number of aliphatic carboxylic acids is 1. The quantitative estimate of drug-likeness (QED) is 0.852. The predicted molar refractivity (Wildman–Crippen MR) is 80.6 cm³/mol. The van der Waals surface area contributed by atoms with Gasteiger partial charge >= 0.3 is 5.97 Å². The number of hydrogen-bond acceptors (Lipinski definition) is 4. The van der Waals surface area contributed by atoms with Crippen molar-refractivity contribution in [1.82, 2.24) is 5.32 Å². The van der Waals surface area contributed by atoms with E-state index in [4.69, 9.17) is 0 Å². The van der Waals surface area contributed by atoms with Crippen LogP contribution in [0.1, 0.15) is 42.1 Å².